The molecule has 0 aliphatic carbocycles. The van der Waals surface area contributed by atoms with Crippen molar-refractivity contribution in [2.24, 2.45) is 11.1 Å². The summed E-state index contributed by atoms with van der Waals surface area (Å²) in [5.74, 6) is -0.300. The zero-order valence-corrected chi connectivity index (χ0v) is 15.9. The van der Waals surface area contributed by atoms with Crippen LogP contribution in [0, 0.1) is 5.41 Å². The van der Waals surface area contributed by atoms with E-state index >= 15 is 0 Å². The van der Waals surface area contributed by atoms with Crippen LogP contribution in [0.4, 0.5) is 0 Å². The number of nitrogens with two attached hydrogens (primary N) is 1. The molecule has 0 saturated carbocycles. The van der Waals surface area contributed by atoms with Crippen molar-refractivity contribution in [1.29, 1.82) is 0 Å². The predicted molar refractivity (Wildman–Crippen MR) is 110 cm³/mol. The molecule has 26 heavy (non-hydrogen) atoms. The molecule has 4 aromatic carbocycles. The highest BCUT2D eigenvalue weighted by Gasteiger charge is 2.37. The molecule has 0 bridgehead atoms. The van der Waals surface area contributed by atoms with Crippen LogP contribution >= 0.6 is 12.4 Å². The number of ether oxygens (including phenoxy) is 1. The van der Waals surface area contributed by atoms with Gasteiger partial charge >= 0.3 is 5.97 Å². The van der Waals surface area contributed by atoms with Crippen molar-refractivity contribution < 1.29 is 9.53 Å². The lowest BCUT2D eigenvalue weighted by molar-refractivity contribution is -0.152. The van der Waals surface area contributed by atoms with E-state index in [2.05, 4.69) is 48.5 Å². The van der Waals surface area contributed by atoms with E-state index in [-0.39, 0.29) is 18.4 Å². The number of halogens is 1. The molecule has 0 aliphatic rings. The van der Waals surface area contributed by atoms with Crippen LogP contribution in [0.5, 0.6) is 0 Å². The molecular formula is C22H22ClNO2. The first-order valence-corrected chi connectivity index (χ1v) is 8.45. The van der Waals surface area contributed by atoms with Gasteiger partial charge in [-0.15, -0.1) is 12.4 Å². The summed E-state index contributed by atoms with van der Waals surface area (Å²) in [6.45, 7) is 3.67. The van der Waals surface area contributed by atoms with Crippen LogP contribution in [-0.4, -0.2) is 13.1 Å². The van der Waals surface area contributed by atoms with E-state index in [0.717, 1.165) is 10.9 Å². The van der Waals surface area contributed by atoms with Gasteiger partial charge in [0.05, 0.1) is 12.5 Å². The lowest BCUT2D eigenvalue weighted by Crippen LogP contribution is -2.37. The number of carbonyl (C=O) groups excluding carboxylic acids is 1. The van der Waals surface area contributed by atoms with Crippen LogP contribution in [0.2, 0.25) is 0 Å². The van der Waals surface area contributed by atoms with E-state index in [9.17, 15) is 4.79 Å². The lowest BCUT2D eigenvalue weighted by Gasteiger charge is -2.30. The molecule has 4 rings (SSSR count). The van der Waals surface area contributed by atoms with E-state index in [0.29, 0.717) is 0 Å². The van der Waals surface area contributed by atoms with E-state index in [4.69, 9.17) is 10.5 Å². The minimum atomic E-state index is -0.808. The molecule has 0 unspecified atom stereocenters. The minimum absolute atomic E-state index is 0. The second kappa shape index (κ2) is 6.42. The summed E-state index contributed by atoms with van der Waals surface area (Å²) in [4.78, 5) is 12.2. The van der Waals surface area contributed by atoms with Crippen molar-refractivity contribution in [2.45, 2.75) is 19.9 Å². The maximum absolute atomic E-state index is 12.2. The fourth-order valence-electron chi connectivity index (χ4n) is 3.81. The molecule has 4 heteroatoms. The molecule has 0 saturated heterocycles. The van der Waals surface area contributed by atoms with Gasteiger partial charge in [-0.1, -0.05) is 54.6 Å². The number of esters is 1. The molecule has 4 aromatic rings. The van der Waals surface area contributed by atoms with Crippen LogP contribution in [-0.2, 0) is 9.53 Å². The summed E-state index contributed by atoms with van der Waals surface area (Å²) < 4.78 is 4.96. The Morgan fingerprint density at radius 1 is 0.923 bits per heavy atom. The number of benzene rings is 4. The summed E-state index contributed by atoms with van der Waals surface area (Å²) in [7, 11) is 1.40. The van der Waals surface area contributed by atoms with Gasteiger partial charge < -0.3 is 10.5 Å². The number of hydrogen-bond acceptors (Lipinski definition) is 3. The lowest BCUT2D eigenvalue weighted by atomic mass is 9.78. The van der Waals surface area contributed by atoms with E-state index in [1.54, 1.807) is 0 Å². The Bertz CT molecular complexity index is 1090. The second-order valence-corrected chi connectivity index (χ2v) is 7.20. The Hall–Kier alpha value is -2.36. The van der Waals surface area contributed by atoms with Crippen LogP contribution in [0.3, 0.4) is 0 Å². The molecule has 2 N–H and O–H groups in total. The predicted octanol–water partition coefficient (Wildman–Crippen LogP) is 5.20. The third kappa shape index (κ3) is 2.51. The topological polar surface area (TPSA) is 52.3 Å². The van der Waals surface area contributed by atoms with Crippen LogP contribution < -0.4 is 5.73 Å². The van der Waals surface area contributed by atoms with Gasteiger partial charge in [0.2, 0.25) is 0 Å². The molecule has 0 fully saturated rings. The third-order valence-corrected chi connectivity index (χ3v) is 5.39. The number of hydrogen-bond donors (Lipinski definition) is 1. The molecule has 0 amide bonds. The Morgan fingerprint density at radius 3 is 2.08 bits per heavy atom. The minimum Gasteiger partial charge on any atom is -0.469 e. The molecule has 0 aliphatic heterocycles. The first-order valence-electron chi connectivity index (χ1n) is 8.45. The smallest absolute Gasteiger partial charge is 0.313 e. The van der Waals surface area contributed by atoms with Crippen molar-refractivity contribution in [2.75, 3.05) is 7.11 Å². The highest BCUT2D eigenvalue weighted by Crippen LogP contribution is 2.41. The highest BCUT2D eigenvalue weighted by molar-refractivity contribution is 6.23. The fraction of sp³-hybridized carbons (Fsp3) is 0.227. The number of carbonyl (C=O) groups is 1. The largest absolute Gasteiger partial charge is 0.469 e. The van der Waals surface area contributed by atoms with Gasteiger partial charge in [-0.05, 0) is 51.7 Å². The van der Waals surface area contributed by atoms with Crippen molar-refractivity contribution in [3.8, 4) is 0 Å². The van der Waals surface area contributed by atoms with Crippen molar-refractivity contribution >= 4 is 50.7 Å². The van der Waals surface area contributed by atoms with Crippen LogP contribution in [0.1, 0.15) is 25.5 Å². The number of methoxy groups -OCH3 is 1. The molecule has 0 aromatic heterocycles. The van der Waals surface area contributed by atoms with Crippen molar-refractivity contribution in [3.63, 3.8) is 0 Å². The SMILES string of the molecule is COC(=O)C(C)(C)[C@H](N)c1ccc2ccc3cccc4ccc1c2c34.Cl. The molecule has 1 atom stereocenters. The zero-order valence-electron chi connectivity index (χ0n) is 15.1. The molecular weight excluding hydrogens is 346 g/mol. The zero-order chi connectivity index (χ0) is 17.8. The van der Waals surface area contributed by atoms with Gasteiger partial charge in [-0.2, -0.15) is 0 Å². The van der Waals surface area contributed by atoms with Gasteiger partial charge in [-0.25, -0.2) is 0 Å². The fourth-order valence-corrected chi connectivity index (χ4v) is 3.81. The van der Waals surface area contributed by atoms with Crippen LogP contribution in [0.15, 0.2) is 54.6 Å². The second-order valence-electron chi connectivity index (χ2n) is 7.20. The first-order chi connectivity index (χ1) is 11.9. The van der Waals surface area contributed by atoms with E-state index in [1.807, 2.05) is 19.9 Å². The Balaban J connectivity index is 0.00000196. The molecule has 0 radical (unpaired) electrons. The average molecular weight is 368 g/mol. The molecule has 134 valence electrons. The quantitative estimate of drug-likeness (QED) is 0.399. The highest BCUT2D eigenvalue weighted by atomic mass is 35.5. The molecule has 3 nitrogen and oxygen atoms in total. The summed E-state index contributed by atoms with van der Waals surface area (Å²) in [6.07, 6.45) is 0. The van der Waals surface area contributed by atoms with Crippen molar-refractivity contribution in [3.05, 3.63) is 60.2 Å². The first kappa shape index (κ1) is 18.4. The van der Waals surface area contributed by atoms with Crippen LogP contribution in [0.25, 0.3) is 32.3 Å². The molecule has 0 heterocycles. The Labute approximate surface area is 158 Å². The van der Waals surface area contributed by atoms with Gasteiger partial charge in [0.25, 0.3) is 0 Å². The van der Waals surface area contributed by atoms with Crippen molar-refractivity contribution in [1.82, 2.24) is 0 Å². The Morgan fingerprint density at radius 2 is 1.46 bits per heavy atom. The summed E-state index contributed by atoms with van der Waals surface area (Å²) in [5.41, 5.74) is 6.71. The summed E-state index contributed by atoms with van der Waals surface area (Å²) in [6, 6.07) is 18.6. The van der Waals surface area contributed by atoms with Gasteiger partial charge in [0, 0.05) is 6.04 Å². The normalized spacial score (nSPS) is 13.1. The van der Waals surface area contributed by atoms with E-state index < -0.39 is 11.5 Å². The molecule has 0 spiro atoms. The van der Waals surface area contributed by atoms with Gasteiger partial charge in [-0.3, -0.25) is 4.79 Å². The third-order valence-electron chi connectivity index (χ3n) is 5.39. The standard InChI is InChI=1S/C22H21NO2.ClH/c1-22(2,21(24)25-3)20(23)17-12-10-15-8-7-13-5-4-6-14-9-11-16(17)19(15)18(13)14;/h4-12,20H,23H2,1-3H3;1H/t20-;/m1./s1. The van der Waals surface area contributed by atoms with Gasteiger partial charge in [0.1, 0.15) is 0 Å². The van der Waals surface area contributed by atoms with E-state index in [1.165, 1.54) is 34.0 Å². The average Bonchev–Trinajstić information content (AvgIpc) is 2.64. The summed E-state index contributed by atoms with van der Waals surface area (Å²) in [5, 5.41) is 7.19. The monoisotopic (exact) mass is 367 g/mol. The Kier molecular flexibility index (Phi) is 4.55. The maximum atomic E-state index is 12.2. The maximum Gasteiger partial charge on any atom is 0.313 e. The van der Waals surface area contributed by atoms with Gasteiger partial charge in [0.15, 0.2) is 0 Å². The number of rotatable bonds is 3. The summed E-state index contributed by atoms with van der Waals surface area (Å²) >= 11 is 0.